The van der Waals surface area contributed by atoms with Crippen LogP contribution < -0.4 is 14.9 Å². The standard InChI is InChI=1S/C34H31N3O5S/c1-22(2)32(37-43(40,41)26-18-15-23(3)16-19-26)33(38)36-35-21-30-28-13-7-5-10-25(28)17-20-31(30)42-34(39)29-14-8-11-24-9-4-6-12-27(24)29/h4-22,32,37H,1-3H3,(H,36,38)/b35-21-/t32-/m1/s1. The minimum Gasteiger partial charge on any atom is -0.422 e. The fourth-order valence-electron chi connectivity index (χ4n) is 4.73. The molecule has 0 aliphatic rings. The highest BCUT2D eigenvalue weighted by Gasteiger charge is 2.28. The molecular formula is C34H31N3O5S. The molecule has 0 fully saturated rings. The summed E-state index contributed by atoms with van der Waals surface area (Å²) in [5.41, 5.74) is 4.28. The lowest BCUT2D eigenvalue weighted by atomic mass is 10.0. The molecule has 2 N–H and O–H groups in total. The zero-order valence-electron chi connectivity index (χ0n) is 23.9. The summed E-state index contributed by atoms with van der Waals surface area (Å²) in [6, 6.07) is 29.3. The summed E-state index contributed by atoms with van der Waals surface area (Å²) in [5, 5.41) is 7.47. The summed E-state index contributed by atoms with van der Waals surface area (Å²) in [6.07, 6.45) is 1.40. The van der Waals surface area contributed by atoms with Crippen LogP contribution in [0.25, 0.3) is 21.5 Å². The third-order valence-corrected chi connectivity index (χ3v) is 8.53. The maximum absolute atomic E-state index is 13.3. The van der Waals surface area contributed by atoms with Gasteiger partial charge in [-0.25, -0.2) is 18.6 Å². The molecule has 0 aromatic heterocycles. The Morgan fingerprint density at radius 3 is 2.12 bits per heavy atom. The summed E-state index contributed by atoms with van der Waals surface area (Å²) < 4.78 is 34.3. The summed E-state index contributed by atoms with van der Waals surface area (Å²) >= 11 is 0. The van der Waals surface area contributed by atoms with E-state index in [2.05, 4.69) is 15.2 Å². The first-order valence-corrected chi connectivity index (χ1v) is 15.3. The Morgan fingerprint density at radius 1 is 0.791 bits per heavy atom. The molecule has 0 heterocycles. The van der Waals surface area contributed by atoms with E-state index in [0.29, 0.717) is 11.1 Å². The molecular weight excluding hydrogens is 562 g/mol. The van der Waals surface area contributed by atoms with E-state index < -0.39 is 27.9 Å². The largest absolute Gasteiger partial charge is 0.422 e. The molecule has 0 aliphatic carbocycles. The maximum atomic E-state index is 13.3. The highest BCUT2D eigenvalue weighted by atomic mass is 32.2. The number of hydrogen-bond donors (Lipinski definition) is 2. The number of hydrogen-bond acceptors (Lipinski definition) is 6. The van der Waals surface area contributed by atoms with Gasteiger partial charge < -0.3 is 4.74 Å². The first-order valence-electron chi connectivity index (χ1n) is 13.8. The monoisotopic (exact) mass is 593 g/mol. The molecule has 0 aliphatic heterocycles. The molecule has 218 valence electrons. The quantitative estimate of drug-likeness (QED) is 0.0946. The van der Waals surface area contributed by atoms with Crippen LogP contribution in [0.3, 0.4) is 0 Å². The molecule has 8 nitrogen and oxygen atoms in total. The summed E-state index contributed by atoms with van der Waals surface area (Å²) in [5.74, 6) is -1.27. The van der Waals surface area contributed by atoms with Crippen LogP contribution in [0.15, 0.2) is 113 Å². The molecule has 1 amide bonds. The van der Waals surface area contributed by atoms with Crippen LogP contribution >= 0.6 is 0 Å². The number of hydrazone groups is 1. The van der Waals surface area contributed by atoms with E-state index >= 15 is 0 Å². The number of nitrogens with zero attached hydrogens (tertiary/aromatic N) is 1. The highest BCUT2D eigenvalue weighted by Crippen LogP contribution is 2.28. The molecule has 0 saturated heterocycles. The van der Waals surface area contributed by atoms with Gasteiger partial charge in [-0.3, -0.25) is 4.79 Å². The lowest BCUT2D eigenvalue weighted by molar-refractivity contribution is -0.123. The third kappa shape index (κ3) is 6.63. The van der Waals surface area contributed by atoms with Gasteiger partial charge in [0.15, 0.2) is 0 Å². The van der Waals surface area contributed by atoms with Crippen LogP contribution in [0.4, 0.5) is 0 Å². The number of ether oxygens (including phenoxy) is 1. The second-order valence-electron chi connectivity index (χ2n) is 10.5. The van der Waals surface area contributed by atoms with Crippen molar-refractivity contribution in [3.05, 3.63) is 120 Å². The van der Waals surface area contributed by atoms with Gasteiger partial charge in [0.05, 0.1) is 16.7 Å². The van der Waals surface area contributed by atoms with Crippen molar-refractivity contribution in [2.24, 2.45) is 11.0 Å². The lowest BCUT2D eigenvalue weighted by Gasteiger charge is -2.20. The number of nitrogens with one attached hydrogen (secondary N) is 2. The minimum absolute atomic E-state index is 0.0634. The van der Waals surface area contributed by atoms with E-state index in [0.717, 1.165) is 27.1 Å². The average Bonchev–Trinajstić information content (AvgIpc) is 3.00. The molecule has 5 aromatic rings. The molecule has 5 rings (SSSR count). The van der Waals surface area contributed by atoms with Crippen molar-refractivity contribution in [2.75, 3.05) is 0 Å². The molecule has 5 aromatic carbocycles. The van der Waals surface area contributed by atoms with Gasteiger partial charge in [-0.15, -0.1) is 0 Å². The van der Waals surface area contributed by atoms with E-state index in [4.69, 9.17) is 4.74 Å². The molecule has 0 unspecified atom stereocenters. The Bertz CT molecular complexity index is 1950. The lowest BCUT2D eigenvalue weighted by Crippen LogP contribution is -2.48. The van der Waals surface area contributed by atoms with Crippen molar-refractivity contribution in [1.82, 2.24) is 10.1 Å². The molecule has 0 bridgehead atoms. The van der Waals surface area contributed by atoms with Crippen molar-refractivity contribution in [3.63, 3.8) is 0 Å². The SMILES string of the molecule is Cc1ccc(S(=O)(=O)N[C@@H](C(=O)N/N=C\c2c(OC(=O)c3cccc4ccccc34)ccc3ccccc23)C(C)C)cc1. The second-order valence-corrected chi connectivity index (χ2v) is 12.2. The Balaban J connectivity index is 1.40. The molecule has 0 spiro atoms. The van der Waals surface area contributed by atoms with Crippen molar-refractivity contribution in [3.8, 4) is 5.75 Å². The van der Waals surface area contributed by atoms with Crippen LogP contribution in [-0.4, -0.2) is 32.6 Å². The van der Waals surface area contributed by atoms with Gasteiger partial charge in [-0.2, -0.15) is 9.82 Å². The first kappa shape index (κ1) is 29.6. The first-order chi connectivity index (χ1) is 20.6. The molecule has 0 radical (unpaired) electrons. The number of benzene rings is 5. The van der Waals surface area contributed by atoms with Crippen LogP contribution in [0, 0.1) is 12.8 Å². The predicted octanol–water partition coefficient (Wildman–Crippen LogP) is 5.97. The fourth-order valence-corrected chi connectivity index (χ4v) is 6.07. The van der Waals surface area contributed by atoms with Gasteiger partial charge >= 0.3 is 5.97 Å². The van der Waals surface area contributed by atoms with Gasteiger partial charge in [0.25, 0.3) is 5.91 Å². The smallest absolute Gasteiger partial charge is 0.344 e. The highest BCUT2D eigenvalue weighted by molar-refractivity contribution is 7.89. The number of aryl methyl sites for hydroxylation is 1. The normalized spacial score (nSPS) is 12.6. The fraction of sp³-hybridized carbons (Fsp3) is 0.147. The van der Waals surface area contributed by atoms with Crippen molar-refractivity contribution in [1.29, 1.82) is 0 Å². The Labute approximate surface area is 250 Å². The molecule has 9 heteroatoms. The van der Waals surface area contributed by atoms with Gasteiger partial charge in [-0.05, 0) is 58.7 Å². The summed E-state index contributed by atoms with van der Waals surface area (Å²) in [4.78, 5) is 26.5. The Kier molecular flexibility index (Phi) is 8.66. The summed E-state index contributed by atoms with van der Waals surface area (Å²) in [6.45, 7) is 5.33. The molecule has 43 heavy (non-hydrogen) atoms. The zero-order valence-corrected chi connectivity index (χ0v) is 24.8. The third-order valence-electron chi connectivity index (χ3n) is 7.07. The topological polar surface area (TPSA) is 114 Å². The minimum atomic E-state index is -3.95. The number of esters is 1. The maximum Gasteiger partial charge on any atom is 0.344 e. The number of carbonyl (C=O) groups is 2. The number of fused-ring (bicyclic) bond motifs is 2. The van der Waals surface area contributed by atoms with Crippen molar-refractivity contribution < 1.29 is 22.7 Å². The van der Waals surface area contributed by atoms with E-state index in [9.17, 15) is 18.0 Å². The van der Waals surface area contributed by atoms with Crippen LogP contribution in [0.1, 0.15) is 35.3 Å². The van der Waals surface area contributed by atoms with E-state index in [-0.39, 0.29) is 16.6 Å². The van der Waals surface area contributed by atoms with E-state index in [1.54, 1.807) is 44.2 Å². The van der Waals surface area contributed by atoms with Crippen LogP contribution in [0.2, 0.25) is 0 Å². The zero-order chi connectivity index (χ0) is 30.6. The van der Waals surface area contributed by atoms with Crippen molar-refractivity contribution >= 4 is 49.7 Å². The number of carbonyl (C=O) groups excluding carboxylic acids is 2. The Morgan fingerprint density at radius 2 is 1.42 bits per heavy atom. The number of rotatable bonds is 9. The van der Waals surface area contributed by atoms with E-state index in [1.165, 1.54) is 18.3 Å². The van der Waals surface area contributed by atoms with E-state index in [1.807, 2.05) is 67.6 Å². The second kappa shape index (κ2) is 12.6. The molecule has 1 atom stereocenters. The van der Waals surface area contributed by atoms with Crippen molar-refractivity contribution in [2.45, 2.75) is 31.7 Å². The van der Waals surface area contributed by atoms with Crippen LogP contribution in [-0.2, 0) is 14.8 Å². The predicted molar refractivity (Wildman–Crippen MR) is 169 cm³/mol. The Hall–Kier alpha value is -4.86. The summed E-state index contributed by atoms with van der Waals surface area (Å²) in [7, 11) is -3.95. The number of sulfonamides is 1. The average molecular weight is 594 g/mol. The van der Waals surface area contributed by atoms with Gasteiger partial charge in [-0.1, -0.05) is 98.3 Å². The van der Waals surface area contributed by atoms with Gasteiger partial charge in [0.1, 0.15) is 11.8 Å². The van der Waals surface area contributed by atoms with Crippen LogP contribution in [0.5, 0.6) is 5.75 Å². The number of amides is 1. The van der Waals surface area contributed by atoms with Gasteiger partial charge in [0, 0.05) is 5.56 Å². The van der Waals surface area contributed by atoms with Gasteiger partial charge in [0.2, 0.25) is 10.0 Å². The molecule has 0 saturated carbocycles.